The molecular weight excluding hydrogens is 562 g/mol. The highest BCUT2D eigenvalue weighted by atomic mass is 32.2. The Hall–Kier alpha value is -4.05. The number of methoxy groups -OCH3 is 1. The van der Waals surface area contributed by atoms with E-state index in [-0.39, 0.29) is 18.8 Å². The van der Waals surface area contributed by atoms with Crippen molar-refractivity contribution in [2.75, 3.05) is 24.5 Å². The number of amides is 3. The molecule has 3 rings (SSSR count). The second-order valence-corrected chi connectivity index (χ2v) is 9.65. The first-order chi connectivity index (χ1) is 19.3. The third kappa shape index (κ3) is 9.92. The van der Waals surface area contributed by atoms with E-state index >= 15 is 0 Å². The molecule has 1 unspecified atom stereocenters. The number of rotatable bonds is 13. The number of nitrogens with zero attached hydrogens (tertiary/aromatic N) is 1. The van der Waals surface area contributed by atoms with Crippen LogP contribution in [0, 0.1) is 0 Å². The molecule has 3 amide bonds. The molecule has 1 heterocycles. The highest BCUT2D eigenvalue weighted by Crippen LogP contribution is 2.26. The fraction of sp³-hybridized carbons (Fsp3) is 0.280. The van der Waals surface area contributed by atoms with Crippen LogP contribution in [0.1, 0.15) is 29.1 Å². The Kier molecular flexibility index (Phi) is 11.8. The summed E-state index contributed by atoms with van der Waals surface area (Å²) in [5.41, 5.74) is 4.41. The van der Waals surface area contributed by atoms with Crippen LogP contribution in [0.3, 0.4) is 0 Å². The molecule has 0 fully saturated rings. The zero-order chi connectivity index (χ0) is 28.9. The third-order valence-electron chi connectivity index (χ3n) is 5.34. The molecule has 0 radical (unpaired) electrons. The van der Waals surface area contributed by atoms with E-state index in [0.717, 1.165) is 11.1 Å². The van der Waals surface area contributed by atoms with Crippen LogP contribution in [0.2, 0.25) is 0 Å². The molecule has 13 nitrogen and oxygen atoms in total. The van der Waals surface area contributed by atoms with E-state index < -0.39 is 41.5 Å². The first-order valence-electron chi connectivity index (χ1n) is 12.0. The lowest BCUT2D eigenvalue weighted by atomic mass is 10.0. The summed E-state index contributed by atoms with van der Waals surface area (Å²) in [6.45, 7) is 1.88. The number of aromatic nitrogens is 1. The number of hydrogen-bond donors (Lipinski definition) is 5. The highest BCUT2D eigenvalue weighted by molar-refractivity contribution is 7.74. The number of thiazole rings is 1. The van der Waals surface area contributed by atoms with Crippen LogP contribution >= 0.6 is 11.3 Å². The summed E-state index contributed by atoms with van der Waals surface area (Å²) < 4.78 is 33.6. The lowest BCUT2D eigenvalue weighted by Gasteiger charge is -2.22. The fourth-order valence-electron chi connectivity index (χ4n) is 3.54. The average molecular weight is 592 g/mol. The normalized spacial score (nSPS) is 12.9. The van der Waals surface area contributed by atoms with Gasteiger partial charge in [0, 0.05) is 11.8 Å². The largest absolute Gasteiger partial charge is 0.453 e. The van der Waals surface area contributed by atoms with Crippen LogP contribution in [0.25, 0.3) is 0 Å². The maximum absolute atomic E-state index is 13.5. The lowest BCUT2D eigenvalue weighted by molar-refractivity contribution is -0.123. The van der Waals surface area contributed by atoms with Crippen LogP contribution in [-0.4, -0.2) is 51.6 Å². The second kappa shape index (κ2) is 15.5. The van der Waals surface area contributed by atoms with Crippen molar-refractivity contribution in [1.82, 2.24) is 15.6 Å². The predicted octanol–water partition coefficient (Wildman–Crippen LogP) is 3.56. The van der Waals surface area contributed by atoms with Gasteiger partial charge in [-0.3, -0.25) is 14.7 Å². The van der Waals surface area contributed by atoms with Crippen LogP contribution in [-0.2, 0) is 42.8 Å². The average Bonchev–Trinajstić information content (AvgIpc) is 3.40. The van der Waals surface area contributed by atoms with Crippen LogP contribution < -0.4 is 21.4 Å². The summed E-state index contributed by atoms with van der Waals surface area (Å²) in [5, 5.41) is 10.2. The van der Waals surface area contributed by atoms with Gasteiger partial charge in [0.2, 0.25) is 5.91 Å². The van der Waals surface area contributed by atoms with Gasteiger partial charge in [-0.05, 0) is 36.6 Å². The van der Waals surface area contributed by atoms with E-state index in [9.17, 15) is 18.6 Å². The van der Waals surface area contributed by atoms with Gasteiger partial charge in [0.1, 0.15) is 16.9 Å². The van der Waals surface area contributed by atoms with E-state index in [1.165, 1.54) is 18.4 Å². The summed E-state index contributed by atoms with van der Waals surface area (Å²) in [4.78, 5) is 41.8. The Bertz CT molecular complexity index is 1290. The summed E-state index contributed by atoms with van der Waals surface area (Å²) in [7, 11) is 1.21. The Morgan fingerprint density at radius 1 is 1.00 bits per heavy atom. The molecule has 0 aliphatic carbocycles. The number of hydrogen-bond acceptors (Lipinski definition) is 10. The number of carbonyl (C=O) groups excluding carboxylic acids is 3. The number of alkyl carbamates (subject to hydrolysis) is 1. The monoisotopic (exact) mass is 591 g/mol. The zero-order valence-corrected chi connectivity index (χ0v) is 23.3. The molecule has 0 bridgehead atoms. The topological polar surface area (TPSA) is 177 Å². The van der Waals surface area contributed by atoms with E-state index in [0.29, 0.717) is 17.1 Å². The standard InChI is InChI=1S/C25H29N5O8S2/c1-3-37-25(33)29-21-15-39-23(28-21)20(14-17-9-11-18(12-10-17)30-38-40(34)35)26-22(31)19(27-24(32)36-2)13-16-7-5-4-6-8-16/h4-12,15,19-20,30H,3,13-14H2,1-2H3,(H,26,31)(H,27,32)(H,29,33)(H,34,35)/t19-,20-/m0/s1. The maximum Gasteiger partial charge on any atom is 0.412 e. The minimum absolute atomic E-state index is 0.196. The highest BCUT2D eigenvalue weighted by Gasteiger charge is 2.26. The Morgan fingerprint density at radius 2 is 1.70 bits per heavy atom. The van der Waals surface area contributed by atoms with Gasteiger partial charge in [0.15, 0.2) is 0 Å². The summed E-state index contributed by atoms with van der Waals surface area (Å²) >= 11 is -1.26. The van der Waals surface area contributed by atoms with Crippen molar-refractivity contribution in [3.05, 3.63) is 76.1 Å². The maximum atomic E-state index is 13.5. The molecule has 0 saturated heterocycles. The Morgan fingerprint density at radius 3 is 2.35 bits per heavy atom. The smallest absolute Gasteiger partial charge is 0.412 e. The minimum atomic E-state index is -2.48. The van der Waals surface area contributed by atoms with E-state index in [1.54, 1.807) is 36.6 Å². The van der Waals surface area contributed by atoms with Gasteiger partial charge < -0.3 is 20.1 Å². The summed E-state index contributed by atoms with van der Waals surface area (Å²) in [6, 6.07) is 14.4. The molecule has 1 aromatic heterocycles. The molecule has 3 atom stereocenters. The van der Waals surface area contributed by atoms with Crippen molar-refractivity contribution in [3.8, 4) is 0 Å². The zero-order valence-electron chi connectivity index (χ0n) is 21.6. The van der Waals surface area contributed by atoms with Crippen LogP contribution in [0.15, 0.2) is 60.0 Å². The minimum Gasteiger partial charge on any atom is -0.453 e. The molecule has 40 heavy (non-hydrogen) atoms. The van der Waals surface area contributed by atoms with Crippen molar-refractivity contribution in [2.45, 2.75) is 31.8 Å². The summed E-state index contributed by atoms with van der Waals surface area (Å²) in [6.07, 6.45) is -0.896. The van der Waals surface area contributed by atoms with Crippen LogP contribution in [0.4, 0.5) is 21.1 Å². The van der Waals surface area contributed by atoms with Gasteiger partial charge in [0.05, 0.1) is 25.4 Å². The molecule has 15 heteroatoms. The van der Waals surface area contributed by atoms with Gasteiger partial charge in [0.25, 0.3) is 0 Å². The molecule has 0 saturated carbocycles. The van der Waals surface area contributed by atoms with Crippen molar-refractivity contribution < 1.29 is 36.9 Å². The molecular formula is C25H29N5O8S2. The molecule has 3 aromatic rings. The molecule has 2 aromatic carbocycles. The first kappa shape index (κ1) is 30.5. The van der Waals surface area contributed by atoms with Crippen molar-refractivity contribution in [3.63, 3.8) is 0 Å². The number of nitrogens with one attached hydrogen (secondary N) is 4. The SMILES string of the molecule is CCOC(=O)Nc1csc([C@H](Cc2ccc(NOS(=O)O)cc2)NC(=O)[C@H](Cc2ccccc2)NC(=O)OC)n1. The lowest BCUT2D eigenvalue weighted by Crippen LogP contribution is -2.49. The number of ether oxygens (including phenoxy) is 2. The number of benzene rings is 2. The summed E-state index contributed by atoms with van der Waals surface area (Å²) in [5.74, 6) is -0.202. The Balaban J connectivity index is 1.83. The van der Waals surface area contributed by atoms with E-state index in [2.05, 4.69) is 30.7 Å². The van der Waals surface area contributed by atoms with Gasteiger partial charge in [-0.15, -0.1) is 15.6 Å². The third-order valence-corrected chi connectivity index (χ3v) is 6.53. The number of carbonyl (C=O) groups is 3. The molecule has 0 aliphatic rings. The van der Waals surface area contributed by atoms with Crippen molar-refractivity contribution in [2.24, 2.45) is 0 Å². The van der Waals surface area contributed by atoms with Gasteiger partial charge in [-0.2, -0.15) is 4.21 Å². The van der Waals surface area contributed by atoms with Gasteiger partial charge >= 0.3 is 23.5 Å². The van der Waals surface area contributed by atoms with Crippen molar-refractivity contribution >= 4 is 52.3 Å². The Labute approximate surface area is 237 Å². The second-order valence-electron chi connectivity index (χ2n) is 8.16. The molecule has 0 aliphatic heterocycles. The molecule has 5 N–H and O–H groups in total. The van der Waals surface area contributed by atoms with Crippen molar-refractivity contribution in [1.29, 1.82) is 0 Å². The molecule has 0 spiro atoms. The van der Waals surface area contributed by atoms with Gasteiger partial charge in [-0.25, -0.2) is 20.1 Å². The molecule has 214 valence electrons. The van der Waals surface area contributed by atoms with Crippen LogP contribution in [0.5, 0.6) is 0 Å². The first-order valence-corrected chi connectivity index (χ1v) is 13.9. The van der Waals surface area contributed by atoms with E-state index in [1.807, 2.05) is 30.3 Å². The quantitative estimate of drug-likeness (QED) is 0.146. The number of anilines is 2. The van der Waals surface area contributed by atoms with E-state index in [4.69, 9.17) is 14.0 Å². The fourth-order valence-corrected chi connectivity index (χ4v) is 4.51. The van der Waals surface area contributed by atoms with Gasteiger partial charge in [-0.1, -0.05) is 42.5 Å². The predicted molar refractivity (Wildman–Crippen MR) is 149 cm³/mol.